The monoisotopic (exact) mass is 459 g/mol. The highest BCUT2D eigenvalue weighted by Crippen LogP contribution is 2.35. The fourth-order valence-electron chi connectivity index (χ4n) is 3.31. The van der Waals surface area contributed by atoms with E-state index in [-0.39, 0.29) is 30.7 Å². The molecule has 0 spiro atoms. The van der Waals surface area contributed by atoms with Crippen molar-refractivity contribution < 1.29 is 32.2 Å². The van der Waals surface area contributed by atoms with Crippen LogP contribution < -0.4 is 10.1 Å². The first kappa shape index (κ1) is 25.7. The van der Waals surface area contributed by atoms with Gasteiger partial charge in [-0.15, -0.1) is 0 Å². The Balaban J connectivity index is 1.93. The van der Waals surface area contributed by atoms with Crippen LogP contribution in [0.3, 0.4) is 0 Å². The molecule has 1 aromatic rings. The third-order valence-corrected chi connectivity index (χ3v) is 5.10. The molecule has 0 radical (unpaired) electrons. The zero-order chi connectivity index (χ0) is 24.3. The summed E-state index contributed by atoms with van der Waals surface area (Å²) in [5.41, 5.74) is -2.67. The van der Waals surface area contributed by atoms with Crippen molar-refractivity contribution in [3.05, 3.63) is 23.9 Å². The second-order valence-electron chi connectivity index (χ2n) is 9.74. The SMILES string of the molecule is C[C@H]1C[C@@H](NC(=O)C(C)(C)COc2ncccc2C(F)(F)F)CCN1C(=O)OC(C)(C)C. The van der Waals surface area contributed by atoms with Gasteiger partial charge in [0.05, 0.1) is 5.41 Å². The molecule has 1 aliphatic heterocycles. The Labute approximate surface area is 186 Å². The number of halogens is 3. The van der Waals surface area contributed by atoms with Gasteiger partial charge >= 0.3 is 12.3 Å². The molecule has 2 atom stereocenters. The quantitative estimate of drug-likeness (QED) is 0.706. The summed E-state index contributed by atoms with van der Waals surface area (Å²) in [6.07, 6.45) is -2.70. The van der Waals surface area contributed by atoms with Crippen molar-refractivity contribution in [2.24, 2.45) is 5.41 Å². The van der Waals surface area contributed by atoms with Crippen LogP contribution in [0.5, 0.6) is 5.88 Å². The Morgan fingerprint density at radius 2 is 1.88 bits per heavy atom. The lowest BCUT2D eigenvalue weighted by Crippen LogP contribution is -2.54. The van der Waals surface area contributed by atoms with Crippen molar-refractivity contribution in [2.45, 2.75) is 78.2 Å². The molecule has 2 heterocycles. The van der Waals surface area contributed by atoms with E-state index in [2.05, 4.69) is 10.3 Å². The summed E-state index contributed by atoms with van der Waals surface area (Å²) in [5.74, 6) is -0.898. The number of nitrogens with zero attached hydrogens (tertiary/aromatic N) is 2. The number of pyridine rings is 1. The van der Waals surface area contributed by atoms with E-state index in [0.29, 0.717) is 19.4 Å². The topological polar surface area (TPSA) is 80.8 Å². The summed E-state index contributed by atoms with van der Waals surface area (Å²) < 4.78 is 50.1. The Morgan fingerprint density at radius 1 is 1.22 bits per heavy atom. The van der Waals surface area contributed by atoms with E-state index in [1.165, 1.54) is 12.3 Å². The summed E-state index contributed by atoms with van der Waals surface area (Å²) in [4.78, 5) is 30.5. The molecule has 7 nitrogen and oxygen atoms in total. The second-order valence-corrected chi connectivity index (χ2v) is 9.74. The maximum absolute atomic E-state index is 13.1. The van der Waals surface area contributed by atoms with Crippen LogP contribution in [0, 0.1) is 5.41 Å². The maximum atomic E-state index is 13.1. The number of rotatable bonds is 5. The van der Waals surface area contributed by atoms with Gasteiger partial charge in [0, 0.05) is 24.8 Å². The average molecular weight is 460 g/mol. The predicted molar refractivity (Wildman–Crippen MR) is 112 cm³/mol. The summed E-state index contributed by atoms with van der Waals surface area (Å²) in [5, 5.41) is 2.94. The van der Waals surface area contributed by atoms with E-state index in [0.717, 1.165) is 6.07 Å². The first-order chi connectivity index (χ1) is 14.6. The molecule has 2 amide bonds. The molecule has 1 fully saturated rings. The fraction of sp³-hybridized carbons (Fsp3) is 0.682. The molecule has 1 saturated heterocycles. The van der Waals surface area contributed by atoms with Gasteiger partial charge in [-0.05, 0) is 66.5 Å². The molecule has 10 heteroatoms. The molecule has 0 unspecified atom stereocenters. The van der Waals surface area contributed by atoms with Gasteiger partial charge in [-0.2, -0.15) is 13.2 Å². The molecule has 1 aliphatic rings. The molecule has 1 aromatic heterocycles. The van der Waals surface area contributed by atoms with Gasteiger partial charge in [-0.1, -0.05) is 0 Å². The highest BCUT2D eigenvalue weighted by atomic mass is 19.4. The van der Waals surface area contributed by atoms with E-state index >= 15 is 0 Å². The third kappa shape index (κ3) is 7.00. The van der Waals surface area contributed by atoms with E-state index in [1.54, 1.807) is 39.5 Å². The van der Waals surface area contributed by atoms with Gasteiger partial charge in [0.15, 0.2) is 0 Å². The maximum Gasteiger partial charge on any atom is 0.421 e. The van der Waals surface area contributed by atoms with Crippen LogP contribution in [0.15, 0.2) is 18.3 Å². The second kappa shape index (κ2) is 9.54. The molecule has 0 saturated carbocycles. The highest BCUT2D eigenvalue weighted by Gasteiger charge is 2.38. The van der Waals surface area contributed by atoms with Crippen molar-refractivity contribution in [3.63, 3.8) is 0 Å². The number of carbonyl (C=O) groups excluding carboxylic acids is 2. The van der Waals surface area contributed by atoms with Crippen LogP contribution in [0.2, 0.25) is 0 Å². The molecule has 1 N–H and O–H groups in total. The van der Waals surface area contributed by atoms with Crippen molar-refractivity contribution in [3.8, 4) is 5.88 Å². The molecule has 180 valence electrons. The average Bonchev–Trinajstić information content (AvgIpc) is 2.64. The molecule has 0 aliphatic carbocycles. The Hall–Kier alpha value is -2.52. The standard InChI is InChI=1S/C22H32F3N3O4/c1-14-12-15(9-11-28(14)19(30)32-20(2,3)4)27-18(29)21(5,6)13-31-17-16(22(23,24)25)8-7-10-26-17/h7-8,10,14-15H,9,11-13H2,1-6H3,(H,27,29)/t14-,15-/m0/s1. The number of carbonyl (C=O) groups is 2. The lowest BCUT2D eigenvalue weighted by molar-refractivity contribution is -0.139. The summed E-state index contributed by atoms with van der Waals surface area (Å²) in [6.45, 7) is 10.6. The van der Waals surface area contributed by atoms with Crippen LogP contribution >= 0.6 is 0 Å². The minimum absolute atomic E-state index is 0.133. The molecular weight excluding hydrogens is 427 g/mol. The number of aromatic nitrogens is 1. The molecular formula is C22H32F3N3O4. The molecule has 0 bridgehead atoms. The van der Waals surface area contributed by atoms with Gasteiger partial charge in [0.1, 0.15) is 17.8 Å². The zero-order valence-corrected chi connectivity index (χ0v) is 19.4. The number of amides is 2. The van der Waals surface area contributed by atoms with Gasteiger partial charge in [0.2, 0.25) is 11.8 Å². The first-order valence-electron chi connectivity index (χ1n) is 10.6. The largest absolute Gasteiger partial charge is 0.476 e. The van der Waals surface area contributed by atoms with Gasteiger partial charge in [0.25, 0.3) is 0 Å². The van der Waals surface area contributed by atoms with Gasteiger partial charge in [-0.25, -0.2) is 9.78 Å². The van der Waals surface area contributed by atoms with Crippen molar-refractivity contribution in [1.29, 1.82) is 0 Å². The van der Waals surface area contributed by atoms with Crippen molar-refractivity contribution >= 4 is 12.0 Å². The molecule has 32 heavy (non-hydrogen) atoms. The Bertz CT molecular complexity index is 821. The minimum Gasteiger partial charge on any atom is -0.476 e. The van der Waals surface area contributed by atoms with Crippen LogP contribution in [-0.4, -0.2) is 52.7 Å². The number of nitrogens with one attached hydrogen (secondary N) is 1. The predicted octanol–water partition coefficient (Wildman–Crippen LogP) is 4.41. The number of hydrogen-bond donors (Lipinski definition) is 1. The van der Waals surface area contributed by atoms with E-state index < -0.39 is 28.6 Å². The lowest BCUT2D eigenvalue weighted by atomic mass is 9.91. The first-order valence-corrected chi connectivity index (χ1v) is 10.6. The summed E-state index contributed by atoms with van der Waals surface area (Å²) in [7, 11) is 0. The van der Waals surface area contributed by atoms with Crippen LogP contribution in [0.25, 0.3) is 0 Å². The third-order valence-electron chi connectivity index (χ3n) is 5.10. The number of likely N-dealkylation sites (tertiary alicyclic amines) is 1. The van der Waals surface area contributed by atoms with E-state index in [4.69, 9.17) is 9.47 Å². The summed E-state index contributed by atoms with van der Waals surface area (Å²) in [6, 6.07) is 1.76. The van der Waals surface area contributed by atoms with Crippen molar-refractivity contribution in [1.82, 2.24) is 15.2 Å². The normalized spacial score (nSPS) is 20.0. The van der Waals surface area contributed by atoms with Crippen molar-refractivity contribution in [2.75, 3.05) is 13.2 Å². The van der Waals surface area contributed by atoms with Crippen LogP contribution in [-0.2, 0) is 15.7 Å². The number of ether oxygens (including phenoxy) is 2. The minimum atomic E-state index is -4.60. The Morgan fingerprint density at radius 3 is 2.44 bits per heavy atom. The highest BCUT2D eigenvalue weighted by molar-refractivity contribution is 5.82. The van der Waals surface area contributed by atoms with E-state index in [9.17, 15) is 22.8 Å². The van der Waals surface area contributed by atoms with Crippen LogP contribution in [0.4, 0.5) is 18.0 Å². The smallest absolute Gasteiger partial charge is 0.421 e. The lowest BCUT2D eigenvalue weighted by Gasteiger charge is -2.39. The van der Waals surface area contributed by atoms with E-state index in [1.807, 2.05) is 6.92 Å². The number of piperidine rings is 1. The van der Waals surface area contributed by atoms with Gasteiger partial charge < -0.3 is 19.7 Å². The number of hydrogen-bond acceptors (Lipinski definition) is 5. The van der Waals surface area contributed by atoms with Gasteiger partial charge in [-0.3, -0.25) is 4.79 Å². The zero-order valence-electron chi connectivity index (χ0n) is 19.4. The number of alkyl halides is 3. The molecule has 0 aromatic carbocycles. The Kier molecular flexibility index (Phi) is 7.67. The summed E-state index contributed by atoms with van der Waals surface area (Å²) >= 11 is 0. The fourth-order valence-corrected chi connectivity index (χ4v) is 3.31. The molecule has 2 rings (SSSR count). The van der Waals surface area contributed by atoms with Crippen LogP contribution in [0.1, 0.15) is 59.9 Å².